The molecular formula is C20H19F2N3O3. The maximum Gasteiger partial charge on any atom is 0.258 e. The monoisotopic (exact) mass is 387 g/mol. The van der Waals surface area contributed by atoms with Crippen molar-refractivity contribution in [2.75, 3.05) is 19.5 Å². The Labute approximate surface area is 160 Å². The summed E-state index contributed by atoms with van der Waals surface area (Å²) in [7, 11) is 3.05. The Morgan fingerprint density at radius 1 is 1.11 bits per heavy atom. The zero-order valence-electron chi connectivity index (χ0n) is 15.6. The number of methoxy groups -OCH3 is 2. The molecule has 3 rings (SSSR count). The fraction of sp³-hybridized carbons (Fsp3) is 0.200. The van der Waals surface area contributed by atoms with Gasteiger partial charge in [-0.05, 0) is 36.8 Å². The molecule has 2 N–H and O–H groups in total. The van der Waals surface area contributed by atoms with Gasteiger partial charge in [0.25, 0.3) is 5.91 Å². The summed E-state index contributed by atoms with van der Waals surface area (Å²) in [6.45, 7) is 1.89. The van der Waals surface area contributed by atoms with Crippen LogP contribution in [0.25, 0.3) is 11.3 Å². The molecule has 0 fully saturated rings. The van der Waals surface area contributed by atoms with E-state index in [4.69, 9.17) is 9.47 Å². The summed E-state index contributed by atoms with van der Waals surface area (Å²) in [6, 6.07) is 8.01. The third-order valence-corrected chi connectivity index (χ3v) is 4.27. The highest BCUT2D eigenvalue weighted by Gasteiger charge is 2.20. The number of aromatic amines is 1. The van der Waals surface area contributed by atoms with E-state index in [2.05, 4.69) is 15.5 Å². The van der Waals surface area contributed by atoms with Crippen molar-refractivity contribution >= 4 is 11.6 Å². The van der Waals surface area contributed by atoms with Crippen molar-refractivity contribution in [2.24, 2.45) is 0 Å². The molecule has 0 radical (unpaired) electrons. The highest BCUT2D eigenvalue weighted by Crippen LogP contribution is 2.36. The maximum absolute atomic E-state index is 14.0. The number of carbonyl (C=O) groups excluding carboxylic acids is 1. The molecule has 1 heterocycles. The molecule has 0 unspecified atom stereocenters. The highest BCUT2D eigenvalue weighted by molar-refractivity contribution is 6.06. The number of H-pyrrole nitrogens is 1. The summed E-state index contributed by atoms with van der Waals surface area (Å²) < 4.78 is 37.6. The molecule has 1 amide bonds. The molecule has 0 bridgehead atoms. The summed E-state index contributed by atoms with van der Waals surface area (Å²) in [5, 5.41) is 9.84. The first-order valence-corrected chi connectivity index (χ1v) is 8.54. The molecule has 0 aliphatic heterocycles. The minimum Gasteiger partial charge on any atom is -0.493 e. The molecule has 6 nitrogen and oxygen atoms in total. The maximum atomic E-state index is 14.0. The van der Waals surface area contributed by atoms with Crippen molar-refractivity contribution in [1.82, 2.24) is 10.2 Å². The lowest BCUT2D eigenvalue weighted by Crippen LogP contribution is -2.15. The number of rotatable bonds is 6. The van der Waals surface area contributed by atoms with Crippen LogP contribution in [-0.4, -0.2) is 30.3 Å². The van der Waals surface area contributed by atoms with Crippen molar-refractivity contribution in [1.29, 1.82) is 0 Å². The van der Waals surface area contributed by atoms with Gasteiger partial charge < -0.3 is 14.8 Å². The minimum absolute atomic E-state index is 0.261. The fourth-order valence-electron chi connectivity index (χ4n) is 2.82. The van der Waals surface area contributed by atoms with Crippen LogP contribution in [-0.2, 0) is 6.42 Å². The van der Waals surface area contributed by atoms with E-state index in [1.54, 1.807) is 18.2 Å². The lowest BCUT2D eigenvalue weighted by atomic mass is 10.1. The van der Waals surface area contributed by atoms with Gasteiger partial charge in [0.05, 0.1) is 31.2 Å². The molecular weight excluding hydrogens is 368 g/mol. The first kappa shape index (κ1) is 19.3. The van der Waals surface area contributed by atoms with Crippen molar-refractivity contribution in [3.63, 3.8) is 0 Å². The number of hydrogen-bond acceptors (Lipinski definition) is 4. The summed E-state index contributed by atoms with van der Waals surface area (Å²) in [5.41, 5.74) is 1.96. The Kier molecular flexibility index (Phi) is 5.58. The van der Waals surface area contributed by atoms with Gasteiger partial charge in [0.1, 0.15) is 17.3 Å². The summed E-state index contributed by atoms with van der Waals surface area (Å²) in [6.07, 6.45) is 0.557. The van der Waals surface area contributed by atoms with Gasteiger partial charge in [-0.3, -0.25) is 9.89 Å². The molecule has 0 spiro atoms. The quantitative estimate of drug-likeness (QED) is 0.665. The van der Waals surface area contributed by atoms with Crippen LogP contribution in [0.1, 0.15) is 23.0 Å². The molecule has 0 saturated carbocycles. The zero-order valence-corrected chi connectivity index (χ0v) is 15.6. The Hall–Kier alpha value is -3.42. The Morgan fingerprint density at radius 3 is 2.50 bits per heavy atom. The second-order valence-corrected chi connectivity index (χ2v) is 5.93. The Bertz CT molecular complexity index is 1020. The van der Waals surface area contributed by atoms with Gasteiger partial charge in [-0.15, -0.1) is 0 Å². The second-order valence-electron chi connectivity index (χ2n) is 5.93. The predicted molar refractivity (Wildman–Crippen MR) is 101 cm³/mol. The van der Waals surface area contributed by atoms with E-state index in [-0.39, 0.29) is 5.56 Å². The number of anilines is 1. The smallest absolute Gasteiger partial charge is 0.258 e. The third-order valence-electron chi connectivity index (χ3n) is 4.27. The van der Waals surface area contributed by atoms with Crippen molar-refractivity contribution in [3.8, 4) is 22.8 Å². The number of aromatic nitrogens is 2. The average Bonchev–Trinajstić information content (AvgIpc) is 3.09. The van der Waals surface area contributed by atoms with E-state index in [9.17, 15) is 13.6 Å². The number of aryl methyl sites for hydroxylation is 1. The number of nitrogens with zero attached hydrogens (tertiary/aromatic N) is 1. The number of nitrogens with one attached hydrogen (secondary N) is 2. The number of ether oxygens (including phenoxy) is 2. The largest absolute Gasteiger partial charge is 0.493 e. The topological polar surface area (TPSA) is 76.2 Å². The van der Waals surface area contributed by atoms with E-state index < -0.39 is 17.5 Å². The molecule has 146 valence electrons. The number of halogens is 2. The Morgan fingerprint density at radius 2 is 1.86 bits per heavy atom. The van der Waals surface area contributed by atoms with Crippen LogP contribution < -0.4 is 14.8 Å². The second kappa shape index (κ2) is 8.08. The lowest BCUT2D eigenvalue weighted by Gasteiger charge is -2.11. The normalized spacial score (nSPS) is 10.6. The van der Waals surface area contributed by atoms with E-state index in [1.165, 1.54) is 14.2 Å². The van der Waals surface area contributed by atoms with Crippen molar-refractivity contribution in [2.45, 2.75) is 13.3 Å². The summed E-state index contributed by atoms with van der Waals surface area (Å²) in [4.78, 5) is 12.6. The van der Waals surface area contributed by atoms with Gasteiger partial charge in [-0.25, -0.2) is 8.78 Å². The van der Waals surface area contributed by atoms with Crippen LogP contribution in [0.15, 0.2) is 36.4 Å². The van der Waals surface area contributed by atoms with Crippen LogP contribution in [0.3, 0.4) is 0 Å². The molecule has 0 aliphatic rings. The van der Waals surface area contributed by atoms with Crippen LogP contribution >= 0.6 is 0 Å². The van der Waals surface area contributed by atoms with Crippen LogP contribution in [0.5, 0.6) is 11.5 Å². The third kappa shape index (κ3) is 3.66. The molecule has 1 aromatic heterocycles. The summed E-state index contributed by atoms with van der Waals surface area (Å²) in [5.74, 6) is -1.33. The number of amides is 1. The van der Waals surface area contributed by atoms with Crippen LogP contribution in [0.2, 0.25) is 0 Å². The van der Waals surface area contributed by atoms with Gasteiger partial charge in [0.2, 0.25) is 0 Å². The minimum atomic E-state index is -0.938. The van der Waals surface area contributed by atoms with E-state index in [0.717, 1.165) is 12.1 Å². The van der Waals surface area contributed by atoms with E-state index in [0.29, 0.717) is 46.6 Å². The van der Waals surface area contributed by atoms with Gasteiger partial charge in [-0.1, -0.05) is 6.92 Å². The highest BCUT2D eigenvalue weighted by atomic mass is 19.1. The van der Waals surface area contributed by atoms with Gasteiger partial charge in [-0.2, -0.15) is 5.10 Å². The van der Waals surface area contributed by atoms with E-state index >= 15 is 0 Å². The average molecular weight is 387 g/mol. The van der Waals surface area contributed by atoms with Gasteiger partial charge in [0, 0.05) is 11.6 Å². The Balaban J connectivity index is 2.00. The van der Waals surface area contributed by atoms with Crippen molar-refractivity contribution in [3.05, 3.63) is 59.3 Å². The van der Waals surface area contributed by atoms with Gasteiger partial charge >= 0.3 is 0 Å². The SMILES string of the molecule is CCc1[nH]nc(-c2ccc(OC)c(OC)c2)c1NC(=O)c1ccc(F)cc1F. The number of carbonyl (C=O) groups is 1. The fourth-order valence-corrected chi connectivity index (χ4v) is 2.82. The molecule has 28 heavy (non-hydrogen) atoms. The van der Waals surface area contributed by atoms with E-state index in [1.807, 2.05) is 6.92 Å². The molecule has 8 heteroatoms. The summed E-state index contributed by atoms with van der Waals surface area (Å²) >= 11 is 0. The molecule has 2 aromatic carbocycles. The van der Waals surface area contributed by atoms with Crippen molar-refractivity contribution < 1.29 is 23.0 Å². The molecule has 0 saturated heterocycles. The lowest BCUT2D eigenvalue weighted by molar-refractivity contribution is 0.102. The standard InChI is InChI=1S/C20H19F2N3O3/c1-4-15-19(23-20(26)13-7-6-12(21)10-14(13)22)18(25-24-15)11-5-8-16(27-2)17(9-11)28-3/h5-10H,4H2,1-3H3,(H,23,26)(H,24,25). The molecule has 3 aromatic rings. The zero-order chi connectivity index (χ0) is 20.3. The number of benzene rings is 2. The van der Waals surface area contributed by atoms with Crippen LogP contribution in [0, 0.1) is 11.6 Å². The molecule has 0 atom stereocenters. The molecule has 0 aliphatic carbocycles. The van der Waals surface area contributed by atoms with Gasteiger partial charge in [0.15, 0.2) is 11.5 Å². The number of hydrogen-bond donors (Lipinski definition) is 2. The predicted octanol–water partition coefficient (Wildman–Crippen LogP) is 4.19. The first-order chi connectivity index (χ1) is 13.5. The van der Waals surface area contributed by atoms with Crippen LogP contribution in [0.4, 0.5) is 14.5 Å². The first-order valence-electron chi connectivity index (χ1n) is 8.54.